The topological polar surface area (TPSA) is 58.2 Å². The average molecular weight is 477 g/mol. The molecule has 2 amide bonds. The molecule has 0 aliphatic heterocycles. The molecule has 0 saturated carbocycles. The van der Waals surface area contributed by atoms with Crippen LogP contribution in [0, 0.1) is 5.82 Å². The highest BCUT2D eigenvalue weighted by Crippen LogP contribution is 2.30. The van der Waals surface area contributed by atoms with E-state index in [1.807, 2.05) is 13.0 Å². The van der Waals surface area contributed by atoms with Crippen molar-refractivity contribution in [3.05, 3.63) is 88.2 Å². The molecule has 31 heavy (non-hydrogen) atoms. The van der Waals surface area contributed by atoms with Crippen LogP contribution >= 0.6 is 35.0 Å². The minimum Gasteiger partial charge on any atom is -0.325 e. The van der Waals surface area contributed by atoms with Crippen molar-refractivity contribution >= 4 is 58.2 Å². The summed E-state index contributed by atoms with van der Waals surface area (Å²) in [5, 5.41) is 5.94. The normalized spacial score (nSPS) is 11.6. The molecule has 1 atom stereocenters. The number of halogens is 3. The smallest absolute Gasteiger partial charge is 0.258 e. The summed E-state index contributed by atoms with van der Waals surface area (Å²) in [7, 11) is 0. The highest BCUT2D eigenvalue weighted by molar-refractivity contribution is 8.00. The number of carbonyl (C=O) groups is 2. The lowest BCUT2D eigenvalue weighted by Gasteiger charge is -2.16. The lowest BCUT2D eigenvalue weighted by Crippen LogP contribution is -2.24. The van der Waals surface area contributed by atoms with Crippen molar-refractivity contribution in [3.63, 3.8) is 0 Å². The van der Waals surface area contributed by atoms with Gasteiger partial charge in [-0.25, -0.2) is 4.39 Å². The van der Waals surface area contributed by atoms with Gasteiger partial charge in [-0.2, -0.15) is 0 Å². The fourth-order valence-electron chi connectivity index (χ4n) is 2.77. The van der Waals surface area contributed by atoms with Gasteiger partial charge in [0.25, 0.3) is 5.91 Å². The largest absolute Gasteiger partial charge is 0.325 e. The maximum Gasteiger partial charge on any atom is 0.258 e. The molecule has 0 heterocycles. The van der Waals surface area contributed by atoms with Crippen LogP contribution in [0.25, 0.3) is 0 Å². The first kappa shape index (κ1) is 23.1. The van der Waals surface area contributed by atoms with Gasteiger partial charge in [0, 0.05) is 16.3 Å². The molecule has 2 N–H and O–H groups in total. The number of benzene rings is 3. The molecule has 1 unspecified atom stereocenters. The second-order valence-electron chi connectivity index (χ2n) is 6.59. The minimum atomic E-state index is -0.587. The lowest BCUT2D eigenvalue weighted by molar-refractivity contribution is -0.115. The van der Waals surface area contributed by atoms with Crippen molar-refractivity contribution in [2.75, 3.05) is 10.6 Å². The zero-order valence-corrected chi connectivity index (χ0v) is 18.8. The van der Waals surface area contributed by atoms with Crippen LogP contribution in [-0.2, 0) is 4.79 Å². The first-order chi connectivity index (χ1) is 14.9. The van der Waals surface area contributed by atoms with Gasteiger partial charge < -0.3 is 10.6 Å². The molecule has 0 spiro atoms. The van der Waals surface area contributed by atoms with E-state index < -0.39 is 11.7 Å². The molecular formula is C23H19Cl2FN2O2S. The summed E-state index contributed by atoms with van der Waals surface area (Å²) in [6, 6.07) is 17.7. The number of nitrogens with one attached hydrogen (secondary N) is 2. The van der Waals surface area contributed by atoms with Gasteiger partial charge in [-0.05, 0) is 55.0 Å². The van der Waals surface area contributed by atoms with Crippen molar-refractivity contribution in [2.45, 2.75) is 23.5 Å². The molecule has 0 radical (unpaired) electrons. The maximum atomic E-state index is 13.8. The Kier molecular flexibility index (Phi) is 7.96. The van der Waals surface area contributed by atoms with Crippen molar-refractivity contribution in [1.82, 2.24) is 0 Å². The van der Waals surface area contributed by atoms with Gasteiger partial charge >= 0.3 is 0 Å². The Morgan fingerprint density at radius 3 is 2.39 bits per heavy atom. The number of hydrogen-bond donors (Lipinski definition) is 2. The van der Waals surface area contributed by atoms with Crippen molar-refractivity contribution in [3.8, 4) is 0 Å². The van der Waals surface area contributed by atoms with Crippen molar-refractivity contribution < 1.29 is 14.0 Å². The monoisotopic (exact) mass is 476 g/mol. The molecule has 8 heteroatoms. The third-order valence-electron chi connectivity index (χ3n) is 4.34. The number of rotatable bonds is 7. The number of amides is 2. The summed E-state index contributed by atoms with van der Waals surface area (Å²) >= 11 is 13.3. The van der Waals surface area contributed by atoms with E-state index in [0.717, 1.165) is 4.90 Å². The third kappa shape index (κ3) is 6.23. The van der Waals surface area contributed by atoms with Gasteiger partial charge in [0.1, 0.15) is 5.82 Å². The van der Waals surface area contributed by atoms with E-state index in [9.17, 15) is 14.0 Å². The van der Waals surface area contributed by atoms with Crippen LogP contribution in [0.15, 0.2) is 71.6 Å². The summed E-state index contributed by atoms with van der Waals surface area (Å²) < 4.78 is 13.8. The summed E-state index contributed by atoms with van der Waals surface area (Å²) in [4.78, 5) is 25.8. The third-order valence-corrected chi connectivity index (χ3v) is 6.44. The summed E-state index contributed by atoms with van der Waals surface area (Å²) in [6.07, 6.45) is 0.587. The van der Waals surface area contributed by atoms with Crippen molar-refractivity contribution in [1.29, 1.82) is 0 Å². The second kappa shape index (κ2) is 10.7. The van der Waals surface area contributed by atoms with Gasteiger partial charge in [-0.1, -0.05) is 48.3 Å². The molecule has 3 aromatic carbocycles. The first-order valence-corrected chi connectivity index (χ1v) is 11.1. The van der Waals surface area contributed by atoms with Gasteiger partial charge in [0.05, 0.1) is 20.9 Å². The van der Waals surface area contributed by atoms with Crippen LogP contribution in [-0.4, -0.2) is 17.1 Å². The van der Waals surface area contributed by atoms with E-state index in [1.165, 1.54) is 30.0 Å². The molecule has 3 rings (SSSR count). The standard InChI is InChI=1S/C23H19Cl2FN2O2S/c1-2-21(23(30)28-15-10-11-18(24)19(25)13-15)31-16-7-5-6-14(12-16)27-22(29)17-8-3-4-9-20(17)26/h3-13,21H,2H2,1H3,(H,27,29)(H,28,30). The fraction of sp³-hybridized carbons (Fsp3) is 0.130. The molecule has 0 aromatic heterocycles. The summed E-state index contributed by atoms with van der Waals surface area (Å²) in [5.41, 5.74) is 1.04. The maximum absolute atomic E-state index is 13.8. The minimum absolute atomic E-state index is 0.0343. The first-order valence-electron chi connectivity index (χ1n) is 9.46. The van der Waals surface area contributed by atoms with Crippen molar-refractivity contribution in [2.24, 2.45) is 0 Å². The molecule has 4 nitrogen and oxygen atoms in total. The molecule has 0 aliphatic rings. The Morgan fingerprint density at radius 2 is 1.68 bits per heavy atom. The highest BCUT2D eigenvalue weighted by Gasteiger charge is 2.19. The zero-order chi connectivity index (χ0) is 22.4. The van der Waals surface area contributed by atoms with Crippen LogP contribution in [0.1, 0.15) is 23.7 Å². The molecule has 0 fully saturated rings. The van der Waals surface area contributed by atoms with E-state index in [-0.39, 0.29) is 16.7 Å². The Bertz CT molecular complexity index is 1110. The Labute approximate surface area is 194 Å². The number of hydrogen-bond acceptors (Lipinski definition) is 3. The Hall–Kier alpha value is -2.54. The second-order valence-corrected chi connectivity index (χ2v) is 8.69. The van der Waals surface area contributed by atoms with Gasteiger partial charge in [-0.15, -0.1) is 11.8 Å². The van der Waals surface area contributed by atoms with E-state index in [4.69, 9.17) is 23.2 Å². The fourth-order valence-corrected chi connectivity index (χ4v) is 4.09. The lowest BCUT2D eigenvalue weighted by atomic mass is 10.2. The number of thioether (sulfide) groups is 1. The van der Waals surface area contributed by atoms with E-state index in [1.54, 1.807) is 42.5 Å². The van der Waals surface area contributed by atoms with Crippen LogP contribution in [0.2, 0.25) is 10.0 Å². The predicted octanol–water partition coefficient (Wildman–Crippen LogP) is 6.89. The number of carbonyl (C=O) groups excluding carboxylic acids is 2. The van der Waals surface area contributed by atoms with Crippen LogP contribution in [0.4, 0.5) is 15.8 Å². The highest BCUT2D eigenvalue weighted by atomic mass is 35.5. The summed E-state index contributed by atoms with van der Waals surface area (Å²) in [6.45, 7) is 1.91. The van der Waals surface area contributed by atoms with Gasteiger partial charge in [0.2, 0.25) is 5.91 Å². The van der Waals surface area contributed by atoms with E-state index in [0.29, 0.717) is 27.8 Å². The molecule has 3 aromatic rings. The Balaban J connectivity index is 1.68. The molecule has 0 saturated heterocycles. The Morgan fingerprint density at radius 1 is 0.935 bits per heavy atom. The average Bonchev–Trinajstić information content (AvgIpc) is 2.75. The van der Waals surface area contributed by atoms with Crippen LogP contribution in [0.5, 0.6) is 0 Å². The quantitative estimate of drug-likeness (QED) is 0.364. The van der Waals surface area contributed by atoms with E-state index >= 15 is 0 Å². The summed E-state index contributed by atoms with van der Waals surface area (Å²) in [5.74, 6) is -1.30. The van der Waals surface area contributed by atoms with Crippen LogP contribution in [0.3, 0.4) is 0 Å². The predicted molar refractivity (Wildman–Crippen MR) is 126 cm³/mol. The molecule has 160 valence electrons. The zero-order valence-electron chi connectivity index (χ0n) is 16.5. The molecule has 0 bridgehead atoms. The van der Waals surface area contributed by atoms with E-state index in [2.05, 4.69) is 10.6 Å². The van der Waals surface area contributed by atoms with Crippen LogP contribution < -0.4 is 10.6 Å². The van der Waals surface area contributed by atoms with Gasteiger partial charge in [0.15, 0.2) is 0 Å². The SMILES string of the molecule is CCC(Sc1cccc(NC(=O)c2ccccc2F)c1)C(=O)Nc1ccc(Cl)c(Cl)c1. The molecule has 0 aliphatic carbocycles. The molecular weight excluding hydrogens is 458 g/mol. The number of anilines is 2. The van der Waals surface area contributed by atoms with Gasteiger partial charge in [-0.3, -0.25) is 9.59 Å².